The van der Waals surface area contributed by atoms with Gasteiger partial charge in [-0.05, 0) is 32.1 Å². The number of carbonyl (C=O) groups is 2. The van der Waals surface area contributed by atoms with Crippen LogP contribution in [0.25, 0.3) is 0 Å². The Morgan fingerprint density at radius 1 is 1.12 bits per heavy atom. The van der Waals surface area contributed by atoms with Crippen LogP contribution in [0.5, 0.6) is 11.5 Å². The summed E-state index contributed by atoms with van der Waals surface area (Å²) < 4.78 is 15.6. The fourth-order valence-corrected chi connectivity index (χ4v) is 3.96. The maximum absolute atomic E-state index is 12.9. The first-order valence-electron chi connectivity index (χ1n) is 10.4. The molecule has 0 saturated heterocycles. The van der Waals surface area contributed by atoms with Crippen molar-refractivity contribution < 1.29 is 23.8 Å². The molecule has 0 radical (unpaired) electrons. The third-order valence-corrected chi connectivity index (χ3v) is 5.67. The number of amides is 1. The van der Waals surface area contributed by atoms with Crippen LogP contribution in [-0.4, -0.2) is 43.0 Å². The molecule has 2 aromatic rings. The summed E-state index contributed by atoms with van der Waals surface area (Å²) in [6.45, 7) is 3.87. The number of methoxy groups -OCH3 is 2. The van der Waals surface area contributed by atoms with Gasteiger partial charge in [-0.25, -0.2) is 4.99 Å². The zero-order valence-electron chi connectivity index (χ0n) is 19.0. The molecule has 0 saturated carbocycles. The zero-order chi connectivity index (χ0) is 23.8. The predicted molar refractivity (Wildman–Crippen MR) is 132 cm³/mol. The molecular weight excluding hydrogens is 442 g/mol. The maximum Gasteiger partial charge on any atom is 0.311 e. The van der Waals surface area contributed by atoms with Gasteiger partial charge in [0.2, 0.25) is 5.91 Å². The molecule has 9 heteroatoms. The highest BCUT2D eigenvalue weighted by Gasteiger charge is 2.20. The molecule has 1 atom stereocenters. The molecule has 1 aliphatic rings. The molecule has 2 aromatic carbocycles. The Hall–Kier alpha value is -3.46. The van der Waals surface area contributed by atoms with Gasteiger partial charge in [-0.3, -0.25) is 9.59 Å². The second-order valence-electron chi connectivity index (χ2n) is 7.09. The molecule has 1 aliphatic heterocycles. The highest BCUT2D eigenvalue weighted by atomic mass is 32.2. The van der Waals surface area contributed by atoms with E-state index in [1.807, 2.05) is 24.3 Å². The van der Waals surface area contributed by atoms with Crippen molar-refractivity contribution in [3.05, 3.63) is 54.2 Å². The molecule has 1 amide bonds. The monoisotopic (exact) mass is 469 g/mol. The van der Waals surface area contributed by atoms with Gasteiger partial charge in [-0.15, -0.1) is 0 Å². The van der Waals surface area contributed by atoms with E-state index in [9.17, 15) is 9.59 Å². The zero-order valence-corrected chi connectivity index (χ0v) is 19.8. The second kappa shape index (κ2) is 11.4. The third kappa shape index (κ3) is 6.76. The number of para-hydroxylation sites is 2. The molecule has 0 unspecified atom stereocenters. The summed E-state index contributed by atoms with van der Waals surface area (Å²) in [6.07, 6.45) is 1.85. The Balaban J connectivity index is 1.78. The number of thioether (sulfide) groups is 1. The Bertz CT molecular complexity index is 1060. The molecule has 0 bridgehead atoms. The van der Waals surface area contributed by atoms with E-state index in [0.29, 0.717) is 34.5 Å². The Morgan fingerprint density at radius 3 is 2.48 bits per heavy atom. The number of rotatable bonds is 8. The summed E-state index contributed by atoms with van der Waals surface area (Å²) in [5.41, 5.74) is 2.72. The van der Waals surface area contributed by atoms with Crippen molar-refractivity contribution in [2.24, 2.45) is 4.99 Å². The van der Waals surface area contributed by atoms with E-state index in [-0.39, 0.29) is 18.3 Å². The lowest BCUT2D eigenvalue weighted by molar-refractivity contribution is -0.142. The molecule has 2 N–H and O–H groups in total. The summed E-state index contributed by atoms with van der Waals surface area (Å²) in [4.78, 5) is 29.6. The van der Waals surface area contributed by atoms with Gasteiger partial charge in [0.15, 0.2) is 0 Å². The number of anilines is 2. The van der Waals surface area contributed by atoms with Crippen molar-refractivity contribution in [1.29, 1.82) is 0 Å². The Morgan fingerprint density at radius 2 is 1.82 bits per heavy atom. The average Bonchev–Trinajstić information content (AvgIpc) is 2.96. The van der Waals surface area contributed by atoms with Crippen molar-refractivity contribution in [2.75, 3.05) is 31.5 Å². The van der Waals surface area contributed by atoms with Gasteiger partial charge in [0.1, 0.15) is 11.5 Å². The van der Waals surface area contributed by atoms with Crippen molar-refractivity contribution >= 4 is 45.7 Å². The van der Waals surface area contributed by atoms with Gasteiger partial charge in [0.25, 0.3) is 0 Å². The lowest BCUT2D eigenvalue weighted by Crippen LogP contribution is -2.23. The van der Waals surface area contributed by atoms with Crippen LogP contribution in [0.2, 0.25) is 0 Å². The van der Waals surface area contributed by atoms with Crippen LogP contribution in [-0.2, 0) is 14.3 Å². The number of esters is 1. The maximum atomic E-state index is 12.9. The number of aliphatic imine (C=N–C) groups is 1. The van der Waals surface area contributed by atoms with Crippen molar-refractivity contribution in [2.45, 2.75) is 25.5 Å². The van der Waals surface area contributed by atoms with E-state index in [1.165, 1.54) is 11.8 Å². The number of nitrogens with one attached hydrogen (secondary N) is 2. The van der Waals surface area contributed by atoms with E-state index in [4.69, 9.17) is 19.2 Å². The number of hydrogen-bond donors (Lipinski definition) is 2. The number of carbonyl (C=O) groups excluding carboxylic acids is 2. The molecule has 0 spiro atoms. The van der Waals surface area contributed by atoms with E-state index in [0.717, 1.165) is 11.4 Å². The van der Waals surface area contributed by atoms with Gasteiger partial charge < -0.3 is 24.8 Å². The largest absolute Gasteiger partial charge is 0.497 e. The smallest absolute Gasteiger partial charge is 0.311 e. The van der Waals surface area contributed by atoms with Crippen LogP contribution in [0.15, 0.2) is 59.2 Å². The molecule has 3 rings (SSSR count). The summed E-state index contributed by atoms with van der Waals surface area (Å²) in [5.74, 6) is 0.612. The number of hydrogen-bond acceptors (Lipinski definition) is 8. The number of nitrogens with zero attached hydrogens (tertiary/aromatic N) is 1. The van der Waals surface area contributed by atoms with Crippen LogP contribution in [0.1, 0.15) is 20.3 Å². The highest BCUT2D eigenvalue weighted by Crippen LogP contribution is 2.32. The van der Waals surface area contributed by atoms with Crippen LogP contribution < -0.4 is 20.1 Å². The van der Waals surface area contributed by atoms with Gasteiger partial charge >= 0.3 is 5.97 Å². The normalized spacial score (nSPS) is 13.3. The van der Waals surface area contributed by atoms with E-state index >= 15 is 0 Å². The molecule has 174 valence electrons. The van der Waals surface area contributed by atoms with Crippen molar-refractivity contribution in [1.82, 2.24) is 0 Å². The number of benzene rings is 2. The fraction of sp³-hybridized carbons (Fsp3) is 0.292. The molecule has 33 heavy (non-hydrogen) atoms. The van der Waals surface area contributed by atoms with E-state index < -0.39 is 5.25 Å². The van der Waals surface area contributed by atoms with Gasteiger partial charge in [-0.2, -0.15) is 0 Å². The predicted octanol–water partition coefficient (Wildman–Crippen LogP) is 4.76. The molecule has 8 nitrogen and oxygen atoms in total. The van der Waals surface area contributed by atoms with Gasteiger partial charge in [0.05, 0.1) is 48.9 Å². The second-order valence-corrected chi connectivity index (χ2v) is 8.46. The third-order valence-electron chi connectivity index (χ3n) is 4.65. The first-order valence-corrected chi connectivity index (χ1v) is 11.3. The summed E-state index contributed by atoms with van der Waals surface area (Å²) >= 11 is 1.30. The van der Waals surface area contributed by atoms with Crippen LogP contribution >= 0.6 is 11.8 Å². The minimum absolute atomic E-state index is 0.0753. The van der Waals surface area contributed by atoms with Gasteiger partial charge in [0, 0.05) is 29.6 Å². The quantitative estimate of drug-likeness (QED) is 0.538. The Kier molecular flexibility index (Phi) is 8.37. The summed E-state index contributed by atoms with van der Waals surface area (Å²) in [6, 6.07) is 12.7. The van der Waals surface area contributed by atoms with Crippen LogP contribution in [0.3, 0.4) is 0 Å². The number of fused-ring (bicyclic) bond motifs is 1. The highest BCUT2D eigenvalue weighted by molar-refractivity contribution is 8.15. The SMILES string of the molecule is CCOC(=O)CC1=CC(S[C@@H](C)C(=O)Nc2cc(OC)cc(OC)c2)=Nc2ccccc2N1. The van der Waals surface area contributed by atoms with E-state index in [1.54, 1.807) is 52.3 Å². The topological polar surface area (TPSA) is 98.3 Å². The lowest BCUT2D eigenvalue weighted by Gasteiger charge is -2.14. The van der Waals surface area contributed by atoms with E-state index in [2.05, 4.69) is 10.6 Å². The molecule has 0 aliphatic carbocycles. The molecular formula is C24H27N3O5S. The van der Waals surface area contributed by atoms with Crippen molar-refractivity contribution in [3.8, 4) is 11.5 Å². The summed E-state index contributed by atoms with van der Waals surface area (Å²) in [5, 5.41) is 6.28. The first-order chi connectivity index (χ1) is 15.9. The standard InChI is InChI=1S/C24H27N3O5S/c1-5-32-23(28)13-17-12-22(27-21-9-7-6-8-20(21)25-17)33-15(2)24(29)26-16-10-18(30-3)14-19(11-16)31-4/h6-12,14-15,25H,5,13H2,1-4H3,(H,26,29)/t15-/m0/s1. The molecule has 1 heterocycles. The summed E-state index contributed by atoms with van der Waals surface area (Å²) in [7, 11) is 3.10. The fourth-order valence-electron chi connectivity index (χ4n) is 3.07. The number of ether oxygens (including phenoxy) is 3. The van der Waals surface area contributed by atoms with Gasteiger partial charge in [-0.1, -0.05) is 23.9 Å². The average molecular weight is 470 g/mol. The lowest BCUT2D eigenvalue weighted by atomic mass is 10.2. The molecule has 0 aromatic heterocycles. The minimum Gasteiger partial charge on any atom is -0.497 e. The first kappa shape index (κ1) is 24.2. The Labute approximate surface area is 197 Å². The van der Waals surface area contributed by atoms with Crippen molar-refractivity contribution in [3.63, 3.8) is 0 Å². The minimum atomic E-state index is -0.466. The molecule has 0 fully saturated rings. The van der Waals surface area contributed by atoms with Crippen LogP contribution in [0, 0.1) is 0 Å². The van der Waals surface area contributed by atoms with Crippen LogP contribution in [0.4, 0.5) is 17.1 Å².